The van der Waals surface area contributed by atoms with Crippen molar-refractivity contribution in [2.45, 2.75) is 33.1 Å². The van der Waals surface area contributed by atoms with Gasteiger partial charge in [0.15, 0.2) is 5.52 Å². The van der Waals surface area contributed by atoms with Crippen molar-refractivity contribution in [2.75, 3.05) is 13.2 Å². The highest BCUT2D eigenvalue weighted by Crippen LogP contribution is 2.30. The summed E-state index contributed by atoms with van der Waals surface area (Å²) in [6.07, 6.45) is 4.44. The molecule has 0 aliphatic rings. The molecule has 0 saturated carbocycles. The SMILES string of the molecule is C=CCCCOc1nc(OCCC)c2nc(-c3cccc(C)c3)oc2n1. The molecular formula is C20H23N3O3. The van der Waals surface area contributed by atoms with Crippen LogP contribution in [0.1, 0.15) is 31.7 Å². The van der Waals surface area contributed by atoms with Crippen molar-refractivity contribution in [3.8, 4) is 23.3 Å². The molecule has 3 rings (SSSR count). The number of fused-ring (bicyclic) bond motifs is 1. The van der Waals surface area contributed by atoms with Crippen LogP contribution in [0.15, 0.2) is 41.3 Å². The average molecular weight is 353 g/mol. The number of ether oxygens (including phenoxy) is 2. The normalized spacial score (nSPS) is 10.8. The Labute approximate surface area is 152 Å². The van der Waals surface area contributed by atoms with E-state index in [0.717, 1.165) is 30.4 Å². The van der Waals surface area contributed by atoms with E-state index in [1.54, 1.807) is 0 Å². The number of rotatable bonds is 9. The fraction of sp³-hybridized carbons (Fsp3) is 0.350. The van der Waals surface area contributed by atoms with Gasteiger partial charge in [-0.25, -0.2) is 4.98 Å². The first kappa shape index (κ1) is 17.9. The highest BCUT2D eigenvalue weighted by atomic mass is 16.5. The summed E-state index contributed by atoms with van der Waals surface area (Å²) in [6, 6.07) is 8.19. The second-order valence-corrected chi connectivity index (χ2v) is 5.98. The Hall–Kier alpha value is -2.89. The van der Waals surface area contributed by atoms with Gasteiger partial charge < -0.3 is 13.9 Å². The molecule has 0 fully saturated rings. The van der Waals surface area contributed by atoms with Gasteiger partial charge >= 0.3 is 6.01 Å². The van der Waals surface area contributed by atoms with Gasteiger partial charge in [0.25, 0.3) is 11.6 Å². The summed E-state index contributed by atoms with van der Waals surface area (Å²) in [4.78, 5) is 13.2. The van der Waals surface area contributed by atoms with Gasteiger partial charge in [-0.1, -0.05) is 30.7 Å². The Morgan fingerprint density at radius 2 is 2.04 bits per heavy atom. The Bertz CT molecular complexity index is 889. The number of allylic oxidation sites excluding steroid dienone is 1. The van der Waals surface area contributed by atoms with E-state index in [9.17, 15) is 0 Å². The molecule has 0 unspecified atom stereocenters. The van der Waals surface area contributed by atoms with Crippen LogP contribution >= 0.6 is 0 Å². The maximum Gasteiger partial charge on any atom is 0.323 e. The van der Waals surface area contributed by atoms with Crippen LogP contribution in [0.2, 0.25) is 0 Å². The van der Waals surface area contributed by atoms with E-state index in [0.29, 0.717) is 36.2 Å². The lowest BCUT2D eigenvalue weighted by Gasteiger charge is -2.06. The standard InChI is InChI=1S/C20H23N3O3/c1-4-6-7-12-25-20-22-18(24-11-5-2)16-19(23-20)26-17(21-16)15-10-8-9-14(3)13-15/h4,8-10,13H,1,5-7,11-12H2,2-3H3. The van der Waals surface area contributed by atoms with Crippen molar-refractivity contribution in [1.82, 2.24) is 15.0 Å². The average Bonchev–Trinajstić information content (AvgIpc) is 3.07. The summed E-state index contributed by atoms with van der Waals surface area (Å²) in [6.45, 7) is 8.80. The number of nitrogens with zero attached hydrogens (tertiary/aromatic N) is 3. The summed E-state index contributed by atoms with van der Waals surface area (Å²) in [5.74, 6) is 0.876. The summed E-state index contributed by atoms with van der Waals surface area (Å²) in [5, 5.41) is 0. The predicted molar refractivity (Wildman–Crippen MR) is 100 cm³/mol. The van der Waals surface area contributed by atoms with Crippen LogP contribution in [-0.2, 0) is 0 Å². The van der Waals surface area contributed by atoms with E-state index >= 15 is 0 Å². The topological polar surface area (TPSA) is 70.3 Å². The van der Waals surface area contributed by atoms with Crippen LogP contribution in [0.25, 0.3) is 22.7 Å². The van der Waals surface area contributed by atoms with Crippen molar-refractivity contribution < 1.29 is 13.9 Å². The van der Waals surface area contributed by atoms with E-state index < -0.39 is 0 Å². The van der Waals surface area contributed by atoms with E-state index in [-0.39, 0.29) is 6.01 Å². The summed E-state index contributed by atoms with van der Waals surface area (Å²) >= 11 is 0. The van der Waals surface area contributed by atoms with Crippen molar-refractivity contribution in [3.63, 3.8) is 0 Å². The quantitative estimate of drug-likeness (QED) is 0.409. The second kappa shape index (κ2) is 8.47. The van der Waals surface area contributed by atoms with Crippen molar-refractivity contribution in [3.05, 3.63) is 42.5 Å². The van der Waals surface area contributed by atoms with Crippen LogP contribution in [-0.4, -0.2) is 28.2 Å². The molecule has 2 heterocycles. The summed E-state index contributed by atoms with van der Waals surface area (Å²) in [7, 11) is 0. The zero-order valence-corrected chi connectivity index (χ0v) is 15.2. The zero-order chi connectivity index (χ0) is 18.4. The third kappa shape index (κ3) is 4.20. The minimum Gasteiger partial charge on any atom is -0.476 e. The first-order valence-corrected chi connectivity index (χ1v) is 8.83. The zero-order valence-electron chi connectivity index (χ0n) is 15.2. The molecule has 3 aromatic rings. The summed E-state index contributed by atoms with van der Waals surface area (Å²) < 4.78 is 17.2. The Morgan fingerprint density at radius 3 is 2.81 bits per heavy atom. The van der Waals surface area contributed by atoms with Gasteiger partial charge in [-0.15, -0.1) is 6.58 Å². The van der Waals surface area contributed by atoms with Gasteiger partial charge in [-0.05, 0) is 38.3 Å². The molecule has 0 saturated heterocycles. The van der Waals surface area contributed by atoms with Crippen molar-refractivity contribution in [2.24, 2.45) is 0 Å². The Morgan fingerprint density at radius 1 is 1.15 bits per heavy atom. The van der Waals surface area contributed by atoms with E-state index in [1.807, 2.05) is 44.2 Å². The Kier molecular flexibility index (Phi) is 5.84. The van der Waals surface area contributed by atoms with Crippen LogP contribution in [0, 0.1) is 6.92 Å². The molecule has 0 aliphatic carbocycles. The van der Waals surface area contributed by atoms with E-state index in [4.69, 9.17) is 13.9 Å². The smallest absolute Gasteiger partial charge is 0.323 e. The Balaban J connectivity index is 1.95. The lowest BCUT2D eigenvalue weighted by Crippen LogP contribution is -2.04. The van der Waals surface area contributed by atoms with Gasteiger partial charge in [-0.3, -0.25) is 0 Å². The maximum absolute atomic E-state index is 5.86. The number of benzene rings is 1. The van der Waals surface area contributed by atoms with Crippen LogP contribution < -0.4 is 9.47 Å². The number of aromatic nitrogens is 3. The molecule has 0 amide bonds. The van der Waals surface area contributed by atoms with Gasteiger partial charge in [0.2, 0.25) is 5.89 Å². The molecule has 26 heavy (non-hydrogen) atoms. The number of hydrogen-bond acceptors (Lipinski definition) is 6. The van der Waals surface area contributed by atoms with E-state index in [1.165, 1.54) is 0 Å². The van der Waals surface area contributed by atoms with Gasteiger partial charge in [0.05, 0.1) is 13.2 Å². The maximum atomic E-state index is 5.86. The van der Waals surface area contributed by atoms with Crippen LogP contribution in [0.4, 0.5) is 0 Å². The number of aryl methyl sites for hydroxylation is 1. The highest BCUT2D eigenvalue weighted by Gasteiger charge is 2.18. The largest absolute Gasteiger partial charge is 0.476 e. The lowest BCUT2D eigenvalue weighted by molar-refractivity contribution is 0.270. The fourth-order valence-corrected chi connectivity index (χ4v) is 2.44. The number of unbranched alkanes of at least 4 members (excludes halogenated alkanes) is 1. The second-order valence-electron chi connectivity index (χ2n) is 5.98. The molecule has 1 aromatic carbocycles. The first-order chi connectivity index (χ1) is 12.7. The molecule has 0 N–H and O–H groups in total. The lowest BCUT2D eigenvalue weighted by atomic mass is 10.1. The molecule has 0 radical (unpaired) electrons. The molecular weight excluding hydrogens is 330 g/mol. The highest BCUT2D eigenvalue weighted by molar-refractivity contribution is 5.77. The third-order valence-corrected chi connectivity index (χ3v) is 3.70. The van der Waals surface area contributed by atoms with Crippen LogP contribution in [0.3, 0.4) is 0 Å². The molecule has 136 valence electrons. The monoisotopic (exact) mass is 353 g/mol. The molecule has 2 aromatic heterocycles. The number of hydrogen-bond donors (Lipinski definition) is 0. The number of oxazole rings is 1. The fourth-order valence-electron chi connectivity index (χ4n) is 2.44. The molecule has 6 nitrogen and oxygen atoms in total. The summed E-state index contributed by atoms with van der Waals surface area (Å²) in [5.41, 5.74) is 2.89. The molecule has 0 atom stereocenters. The molecule has 0 bridgehead atoms. The minimum absolute atomic E-state index is 0.236. The first-order valence-electron chi connectivity index (χ1n) is 8.83. The van der Waals surface area contributed by atoms with Gasteiger partial charge in [0, 0.05) is 5.56 Å². The van der Waals surface area contributed by atoms with E-state index in [2.05, 4.69) is 21.5 Å². The van der Waals surface area contributed by atoms with Crippen molar-refractivity contribution >= 4 is 11.2 Å². The van der Waals surface area contributed by atoms with Gasteiger partial charge in [0.1, 0.15) is 0 Å². The molecule has 0 spiro atoms. The molecule has 0 aliphatic heterocycles. The third-order valence-electron chi connectivity index (χ3n) is 3.70. The van der Waals surface area contributed by atoms with Crippen LogP contribution in [0.5, 0.6) is 11.9 Å². The van der Waals surface area contributed by atoms with Gasteiger partial charge in [-0.2, -0.15) is 9.97 Å². The molecule has 6 heteroatoms. The van der Waals surface area contributed by atoms with Crippen molar-refractivity contribution in [1.29, 1.82) is 0 Å². The predicted octanol–water partition coefficient (Wildman–Crippen LogP) is 4.73. The minimum atomic E-state index is 0.236.